The number of fused-ring (bicyclic) bond motifs is 1. The fraction of sp³-hybridized carbons (Fsp3) is 0.294. The lowest BCUT2D eigenvalue weighted by Crippen LogP contribution is -2.43. The highest BCUT2D eigenvalue weighted by Crippen LogP contribution is 2.20. The summed E-state index contributed by atoms with van der Waals surface area (Å²) in [6, 6.07) is 8.23. The van der Waals surface area contributed by atoms with Crippen LogP contribution in [0.2, 0.25) is 0 Å². The maximum absolute atomic E-state index is 5.87. The van der Waals surface area contributed by atoms with Crippen LogP contribution < -0.4 is 15.0 Å². The summed E-state index contributed by atoms with van der Waals surface area (Å²) in [5, 5.41) is 4.52. The normalized spacial score (nSPS) is 15.0. The third-order valence-corrected chi connectivity index (χ3v) is 4.10. The van der Waals surface area contributed by atoms with Crippen LogP contribution in [-0.2, 0) is 6.61 Å². The molecule has 1 aliphatic heterocycles. The van der Waals surface area contributed by atoms with E-state index in [0.717, 1.165) is 43.1 Å². The van der Waals surface area contributed by atoms with Gasteiger partial charge in [0.25, 0.3) is 0 Å². The first-order chi connectivity index (χ1) is 11.4. The van der Waals surface area contributed by atoms with Gasteiger partial charge in [0.1, 0.15) is 6.61 Å². The van der Waals surface area contributed by atoms with Crippen molar-refractivity contribution in [3.63, 3.8) is 0 Å². The highest BCUT2D eigenvalue weighted by atomic mass is 16.5. The number of anilines is 1. The number of piperazine rings is 1. The molecule has 3 aromatic rings. The highest BCUT2D eigenvalue weighted by molar-refractivity contribution is 5.82. The van der Waals surface area contributed by atoms with E-state index in [2.05, 4.69) is 43.4 Å². The van der Waals surface area contributed by atoms with E-state index in [4.69, 9.17) is 4.74 Å². The average molecular weight is 309 g/mol. The predicted octanol–water partition coefficient (Wildman–Crippen LogP) is 1.95. The molecule has 0 radical (unpaired) electrons. The maximum atomic E-state index is 5.87. The molecule has 6 nitrogen and oxygen atoms in total. The number of hydrogen-bond donors (Lipinski definition) is 2. The summed E-state index contributed by atoms with van der Waals surface area (Å²) in [7, 11) is 0. The van der Waals surface area contributed by atoms with Gasteiger partial charge in [0.2, 0.25) is 5.88 Å². The molecule has 1 aliphatic rings. The summed E-state index contributed by atoms with van der Waals surface area (Å²) in [4.78, 5) is 14.3. The summed E-state index contributed by atoms with van der Waals surface area (Å²) in [6.45, 7) is 4.32. The van der Waals surface area contributed by atoms with Crippen LogP contribution in [0, 0.1) is 0 Å². The molecule has 3 heterocycles. The summed E-state index contributed by atoms with van der Waals surface area (Å²) < 4.78 is 5.87. The molecule has 4 rings (SSSR count). The zero-order valence-electron chi connectivity index (χ0n) is 12.8. The average Bonchev–Trinajstić information content (AvgIpc) is 3.10. The van der Waals surface area contributed by atoms with E-state index >= 15 is 0 Å². The Labute approximate surface area is 134 Å². The number of nitrogens with zero attached hydrogens (tertiary/aromatic N) is 3. The second kappa shape index (κ2) is 6.26. The summed E-state index contributed by atoms with van der Waals surface area (Å²) in [6.07, 6.45) is 5.41. The van der Waals surface area contributed by atoms with Crippen molar-refractivity contribution in [2.45, 2.75) is 6.61 Å². The molecule has 0 spiro atoms. The summed E-state index contributed by atoms with van der Waals surface area (Å²) in [5.41, 5.74) is 2.25. The van der Waals surface area contributed by atoms with Gasteiger partial charge >= 0.3 is 0 Å². The van der Waals surface area contributed by atoms with E-state index in [9.17, 15) is 0 Å². The van der Waals surface area contributed by atoms with Crippen LogP contribution >= 0.6 is 0 Å². The van der Waals surface area contributed by atoms with Crippen molar-refractivity contribution in [2.75, 3.05) is 31.1 Å². The quantitative estimate of drug-likeness (QED) is 0.771. The van der Waals surface area contributed by atoms with Crippen LogP contribution in [0.5, 0.6) is 5.88 Å². The number of benzene rings is 1. The highest BCUT2D eigenvalue weighted by Gasteiger charge is 2.13. The molecule has 1 fully saturated rings. The Morgan fingerprint density at radius 1 is 1.13 bits per heavy atom. The molecule has 23 heavy (non-hydrogen) atoms. The molecular formula is C17H19N5O. The van der Waals surface area contributed by atoms with E-state index in [1.807, 2.05) is 12.3 Å². The van der Waals surface area contributed by atoms with Crippen LogP contribution in [0.15, 0.2) is 42.9 Å². The topological polar surface area (TPSA) is 66.1 Å². The fourth-order valence-corrected chi connectivity index (χ4v) is 2.88. The van der Waals surface area contributed by atoms with Gasteiger partial charge in [-0.2, -0.15) is 4.98 Å². The maximum Gasteiger partial charge on any atom is 0.234 e. The van der Waals surface area contributed by atoms with Crippen LogP contribution in [0.4, 0.5) is 5.82 Å². The van der Waals surface area contributed by atoms with E-state index in [-0.39, 0.29) is 0 Å². The zero-order valence-corrected chi connectivity index (χ0v) is 12.8. The standard InChI is InChI=1S/C17H19N5O/c1-2-13(14-4-5-20-15(14)3-1)12-23-17-11-19-10-16(21-17)22-8-6-18-7-9-22/h1-5,10-11,18,20H,6-9,12H2. The van der Waals surface area contributed by atoms with Crippen LogP contribution in [0.25, 0.3) is 10.9 Å². The van der Waals surface area contributed by atoms with Crippen molar-refractivity contribution in [3.8, 4) is 5.88 Å². The molecule has 0 saturated carbocycles. The largest absolute Gasteiger partial charge is 0.472 e. The molecule has 0 bridgehead atoms. The van der Waals surface area contributed by atoms with Gasteiger partial charge < -0.3 is 19.9 Å². The molecule has 1 saturated heterocycles. The van der Waals surface area contributed by atoms with Crippen molar-refractivity contribution in [1.29, 1.82) is 0 Å². The number of H-pyrrole nitrogens is 1. The molecule has 2 aromatic heterocycles. The fourth-order valence-electron chi connectivity index (χ4n) is 2.88. The number of nitrogens with one attached hydrogen (secondary N) is 2. The van der Waals surface area contributed by atoms with Gasteiger partial charge in [-0.05, 0) is 17.7 Å². The molecule has 2 N–H and O–H groups in total. The van der Waals surface area contributed by atoms with E-state index < -0.39 is 0 Å². The first kappa shape index (κ1) is 14.0. The number of rotatable bonds is 4. The van der Waals surface area contributed by atoms with Crippen LogP contribution in [0.3, 0.4) is 0 Å². The van der Waals surface area contributed by atoms with E-state index in [1.165, 1.54) is 5.39 Å². The lowest BCUT2D eigenvalue weighted by molar-refractivity contribution is 0.294. The molecule has 6 heteroatoms. The van der Waals surface area contributed by atoms with Gasteiger partial charge in [0.15, 0.2) is 5.82 Å². The summed E-state index contributed by atoms with van der Waals surface area (Å²) >= 11 is 0. The lowest BCUT2D eigenvalue weighted by atomic mass is 10.1. The van der Waals surface area contributed by atoms with Crippen molar-refractivity contribution >= 4 is 16.7 Å². The van der Waals surface area contributed by atoms with Gasteiger partial charge in [0, 0.05) is 43.3 Å². The van der Waals surface area contributed by atoms with Crippen molar-refractivity contribution in [1.82, 2.24) is 20.3 Å². The molecule has 1 aromatic carbocycles. The minimum absolute atomic E-state index is 0.481. The molecule has 0 amide bonds. The Morgan fingerprint density at radius 3 is 2.96 bits per heavy atom. The van der Waals surface area contributed by atoms with Crippen molar-refractivity contribution in [2.24, 2.45) is 0 Å². The third-order valence-electron chi connectivity index (χ3n) is 4.10. The smallest absolute Gasteiger partial charge is 0.234 e. The third kappa shape index (κ3) is 2.98. The van der Waals surface area contributed by atoms with Gasteiger partial charge in [-0.15, -0.1) is 0 Å². The number of ether oxygens (including phenoxy) is 1. The molecule has 0 aliphatic carbocycles. The molecule has 0 atom stereocenters. The molecule has 118 valence electrons. The van der Waals surface area contributed by atoms with Gasteiger partial charge in [-0.1, -0.05) is 12.1 Å². The molecule has 0 unspecified atom stereocenters. The molecular weight excluding hydrogens is 290 g/mol. The van der Waals surface area contributed by atoms with E-state index in [0.29, 0.717) is 12.5 Å². The van der Waals surface area contributed by atoms with E-state index in [1.54, 1.807) is 12.4 Å². The second-order valence-corrected chi connectivity index (χ2v) is 5.60. The van der Waals surface area contributed by atoms with Crippen molar-refractivity contribution in [3.05, 3.63) is 48.4 Å². The Bertz CT molecular complexity index is 794. The van der Waals surface area contributed by atoms with Crippen LogP contribution in [-0.4, -0.2) is 41.1 Å². The Kier molecular flexibility index (Phi) is 3.81. The Hall–Kier alpha value is -2.60. The van der Waals surface area contributed by atoms with Gasteiger partial charge in [-0.25, -0.2) is 0 Å². The lowest BCUT2D eigenvalue weighted by Gasteiger charge is -2.28. The monoisotopic (exact) mass is 309 g/mol. The first-order valence-corrected chi connectivity index (χ1v) is 7.86. The SMILES string of the molecule is c1cc(COc2cncc(N3CCNCC3)n2)c2cc[nH]c2c1. The van der Waals surface area contributed by atoms with Crippen molar-refractivity contribution < 1.29 is 4.74 Å². The van der Waals surface area contributed by atoms with Gasteiger partial charge in [-0.3, -0.25) is 4.98 Å². The number of aromatic amines is 1. The number of hydrogen-bond acceptors (Lipinski definition) is 5. The first-order valence-electron chi connectivity index (χ1n) is 7.86. The van der Waals surface area contributed by atoms with Crippen LogP contribution in [0.1, 0.15) is 5.56 Å². The minimum atomic E-state index is 0.481. The van der Waals surface area contributed by atoms with Gasteiger partial charge in [0.05, 0.1) is 12.4 Å². The number of aromatic nitrogens is 3. The minimum Gasteiger partial charge on any atom is -0.472 e. The zero-order chi connectivity index (χ0) is 15.5. The Balaban J connectivity index is 1.49. The Morgan fingerprint density at radius 2 is 2.04 bits per heavy atom. The predicted molar refractivity (Wildman–Crippen MR) is 89.7 cm³/mol. The second-order valence-electron chi connectivity index (χ2n) is 5.60. The summed E-state index contributed by atoms with van der Waals surface area (Å²) in [5.74, 6) is 1.44.